The molecular weight excluding hydrogens is 359 g/mol. The van der Waals surface area contributed by atoms with Gasteiger partial charge in [-0.1, -0.05) is 36.4 Å². The zero-order valence-corrected chi connectivity index (χ0v) is 13.5. The third kappa shape index (κ3) is 3.20. The van der Waals surface area contributed by atoms with Gasteiger partial charge in [0.15, 0.2) is 0 Å². The number of benzene rings is 2. The van der Waals surface area contributed by atoms with Gasteiger partial charge in [0, 0.05) is 15.5 Å². The zero-order chi connectivity index (χ0) is 13.8. The number of aryl methyl sites for hydroxylation is 2. The van der Waals surface area contributed by atoms with Crippen molar-refractivity contribution in [2.24, 2.45) is 0 Å². The van der Waals surface area contributed by atoms with Crippen molar-refractivity contribution >= 4 is 33.5 Å². The Morgan fingerprint density at radius 1 is 1.00 bits per heavy atom. The summed E-state index contributed by atoms with van der Waals surface area (Å²) in [5.74, 6) is 0. The van der Waals surface area contributed by atoms with Gasteiger partial charge in [-0.3, -0.25) is 4.68 Å². The molecule has 0 spiro atoms. The topological polar surface area (TPSA) is 17.8 Å². The molecule has 3 heteroatoms. The van der Waals surface area contributed by atoms with E-state index in [4.69, 9.17) is 0 Å². The van der Waals surface area contributed by atoms with Crippen LogP contribution in [0.5, 0.6) is 0 Å². The number of hydrogen-bond donors (Lipinski definition) is 0. The normalized spacial score (nSPS) is 11.1. The number of unbranched alkanes of at least 4 members (excludes halogenated alkanes) is 1. The van der Waals surface area contributed by atoms with Gasteiger partial charge in [-0.2, -0.15) is 5.10 Å². The van der Waals surface area contributed by atoms with Gasteiger partial charge < -0.3 is 0 Å². The second-order valence-corrected chi connectivity index (χ2v) is 6.26. The largest absolute Gasteiger partial charge is 0.265 e. The van der Waals surface area contributed by atoms with Crippen LogP contribution in [-0.2, 0) is 13.0 Å². The fourth-order valence-corrected chi connectivity index (χ4v) is 2.93. The number of hydrogen-bond acceptors (Lipinski definition) is 1. The predicted molar refractivity (Wildman–Crippen MR) is 91.8 cm³/mol. The molecular formula is C17H17IN2. The van der Waals surface area contributed by atoms with Crippen LogP contribution in [-0.4, -0.2) is 9.78 Å². The molecule has 0 aliphatic rings. The van der Waals surface area contributed by atoms with Crippen LogP contribution in [0.2, 0.25) is 0 Å². The summed E-state index contributed by atoms with van der Waals surface area (Å²) in [4.78, 5) is 0. The molecule has 0 saturated carbocycles. The lowest BCUT2D eigenvalue weighted by Gasteiger charge is -2.04. The second kappa shape index (κ2) is 6.39. The highest BCUT2D eigenvalue weighted by atomic mass is 127. The van der Waals surface area contributed by atoms with Crippen molar-refractivity contribution in [1.29, 1.82) is 0 Å². The third-order valence-corrected chi connectivity index (χ3v) is 4.21. The van der Waals surface area contributed by atoms with E-state index in [1.54, 1.807) is 0 Å². The van der Waals surface area contributed by atoms with Crippen LogP contribution in [0.3, 0.4) is 0 Å². The minimum absolute atomic E-state index is 0.996. The Morgan fingerprint density at radius 3 is 2.70 bits per heavy atom. The van der Waals surface area contributed by atoms with Crippen LogP contribution < -0.4 is 0 Å². The van der Waals surface area contributed by atoms with E-state index in [1.165, 1.54) is 26.5 Å². The maximum Gasteiger partial charge on any atom is 0.0692 e. The zero-order valence-electron chi connectivity index (χ0n) is 11.3. The van der Waals surface area contributed by atoms with E-state index in [0.717, 1.165) is 19.4 Å². The van der Waals surface area contributed by atoms with Gasteiger partial charge in [-0.15, -0.1) is 0 Å². The van der Waals surface area contributed by atoms with Crippen LogP contribution in [0, 0.1) is 3.57 Å². The Morgan fingerprint density at radius 2 is 1.85 bits per heavy atom. The number of rotatable bonds is 5. The fraction of sp³-hybridized carbons (Fsp3) is 0.235. The Kier molecular flexibility index (Phi) is 4.35. The SMILES string of the molecule is Ic1ccc2cnn(CCCCc3ccccc3)c2c1. The summed E-state index contributed by atoms with van der Waals surface area (Å²) in [7, 11) is 0. The Balaban J connectivity index is 1.59. The molecule has 0 saturated heterocycles. The molecule has 0 atom stereocenters. The van der Waals surface area contributed by atoms with E-state index in [9.17, 15) is 0 Å². The van der Waals surface area contributed by atoms with Gasteiger partial charge in [0.25, 0.3) is 0 Å². The van der Waals surface area contributed by atoms with Gasteiger partial charge in [0.05, 0.1) is 11.7 Å². The summed E-state index contributed by atoms with van der Waals surface area (Å²) < 4.78 is 3.39. The third-order valence-electron chi connectivity index (χ3n) is 3.53. The van der Waals surface area contributed by atoms with Crippen LogP contribution in [0.1, 0.15) is 18.4 Å². The average molecular weight is 376 g/mol. The van der Waals surface area contributed by atoms with E-state index in [-0.39, 0.29) is 0 Å². The molecule has 3 rings (SSSR count). The molecule has 0 fully saturated rings. The molecule has 102 valence electrons. The number of fused-ring (bicyclic) bond motifs is 1. The number of nitrogens with zero attached hydrogens (tertiary/aromatic N) is 2. The molecule has 0 unspecified atom stereocenters. The summed E-state index contributed by atoms with van der Waals surface area (Å²) in [6.45, 7) is 0.996. The van der Waals surface area contributed by atoms with E-state index in [2.05, 4.69) is 80.9 Å². The molecule has 0 aliphatic carbocycles. The predicted octanol–water partition coefficient (Wildman–Crippen LogP) is 4.66. The summed E-state index contributed by atoms with van der Waals surface area (Å²) in [6.07, 6.45) is 5.48. The first-order valence-corrected chi connectivity index (χ1v) is 8.06. The van der Waals surface area contributed by atoms with Crippen molar-refractivity contribution in [3.05, 3.63) is 63.9 Å². The Bertz CT molecular complexity index is 689. The highest BCUT2D eigenvalue weighted by Crippen LogP contribution is 2.17. The molecule has 0 N–H and O–H groups in total. The lowest BCUT2D eigenvalue weighted by Crippen LogP contribution is -2.00. The molecule has 0 radical (unpaired) electrons. The van der Waals surface area contributed by atoms with Gasteiger partial charge in [0.2, 0.25) is 0 Å². The fourth-order valence-electron chi connectivity index (χ4n) is 2.46. The maximum atomic E-state index is 4.49. The van der Waals surface area contributed by atoms with E-state index in [0.29, 0.717) is 0 Å². The first kappa shape index (κ1) is 13.6. The summed E-state index contributed by atoms with van der Waals surface area (Å²) in [5.41, 5.74) is 2.67. The van der Waals surface area contributed by atoms with Crippen molar-refractivity contribution in [1.82, 2.24) is 9.78 Å². The molecule has 20 heavy (non-hydrogen) atoms. The van der Waals surface area contributed by atoms with Gasteiger partial charge in [0.1, 0.15) is 0 Å². The minimum Gasteiger partial charge on any atom is -0.265 e. The quantitative estimate of drug-likeness (QED) is 0.468. The van der Waals surface area contributed by atoms with Crippen LogP contribution in [0.4, 0.5) is 0 Å². The molecule has 0 bridgehead atoms. The van der Waals surface area contributed by atoms with Gasteiger partial charge >= 0.3 is 0 Å². The minimum atomic E-state index is 0.996. The number of aromatic nitrogens is 2. The van der Waals surface area contributed by atoms with Crippen molar-refractivity contribution < 1.29 is 0 Å². The van der Waals surface area contributed by atoms with Crippen LogP contribution in [0.15, 0.2) is 54.7 Å². The molecule has 2 nitrogen and oxygen atoms in total. The van der Waals surface area contributed by atoms with E-state index < -0.39 is 0 Å². The molecule has 1 aromatic heterocycles. The average Bonchev–Trinajstić information content (AvgIpc) is 2.87. The van der Waals surface area contributed by atoms with Crippen molar-refractivity contribution in [3.8, 4) is 0 Å². The lowest BCUT2D eigenvalue weighted by molar-refractivity contribution is 0.572. The lowest BCUT2D eigenvalue weighted by atomic mass is 10.1. The molecule has 0 amide bonds. The summed E-state index contributed by atoms with van der Waals surface area (Å²) in [5, 5.41) is 5.72. The molecule has 2 aromatic carbocycles. The summed E-state index contributed by atoms with van der Waals surface area (Å²) in [6, 6.07) is 17.2. The highest BCUT2D eigenvalue weighted by Gasteiger charge is 2.03. The monoisotopic (exact) mass is 376 g/mol. The molecule has 3 aromatic rings. The van der Waals surface area contributed by atoms with Crippen molar-refractivity contribution in [2.45, 2.75) is 25.8 Å². The first-order chi connectivity index (χ1) is 9.83. The Hall–Kier alpha value is -1.36. The smallest absolute Gasteiger partial charge is 0.0692 e. The van der Waals surface area contributed by atoms with Crippen LogP contribution >= 0.6 is 22.6 Å². The number of halogens is 1. The standard InChI is InChI=1S/C17H17IN2/c18-16-10-9-15-13-19-20(17(15)12-16)11-5-4-8-14-6-2-1-3-7-14/h1-3,6-7,9-10,12-13H,4-5,8,11H2. The van der Waals surface area contributed by atoms with Crippen molar-refractivity contribution in [2.75, 3.05) is 0 Å². The highest BCUT2D eigenvalue weighted by molar-refractivity contribution is 14.1. The van der Waals surface area contributed by atoms with Crippen LogP contribution in [0.25, 0.3) is 10.9 Å². The summed E-state index contributed by atoms with van der Waals surface area (Å²) >= 11 is 2.35. The van der Waals surface area contributed by atoms with E-state index in [1.807, 2.05) is 6.20 Å². The first-order valence-electron chi connectivity index (χ1n) is 6.98. The maximum absolute atomic E-state index is 4.49. The molecule has 1 heterocycles. The van der Waals surface area contributed by atoms with Gasteiger partial charge in [-0.25, -0.2) is 0 Å². The van der Waals surface area contributed by atoms with Crippen molar-refractivity contribution in [3.63, 3.8) is 0 Å². The molecule has 0 aliphatic heterocycles. The Labute approximate surface area is 132 Å². The second-order valence-electron chi connectivity index (χ2n) is 5.01. The van der Waals surface area contributed by atoms with E-state index >= 15 is 0 Å². The van der Waals surface area contributed by atoms with Gasteiger partial charge in [-0.05, 0) is 59.5 Å².